The standard InChI is InChI=1S/C18H35N7O6/c19-7-3-1-5-12(25-16(28)11(21)9-14(22)26)17(29)23-10-15(27)24-13(18(30)31)6-2-4-8-20/h11-13H,1-10,19-21H2,(H2,22,26)(H,23,29)(H,24,27)(H,25,28)(H,30,31). The zero-order chi connectivity index (χ0) is 23.8. The summed E-state index contributed by atoms with van der Waals surface area (Å²) in [5.74, 6) is -4.02. The molecule has 0 radical (unpaired) electrons. The van der Waals surface area contributed by atoms with Crippen LogP contribution in [0.3, 0.4) is 0 Å². The van der Waals surface area contributed by atoms with Crippen LogP contribution in [0.5, 0.6) is 0 Å². The Morgan fingerprint density at radius 1 is 0.806 bits per heavy atom. The predicted molar refractivity (Wildman–Crippen MR) is 112 cm³/mol. The largest absolute Gasteiger partial charge is 0.480 e. The maximum Gasteiger partial charge on any atom is 0.326 e. The Bertz CT molecular complexity index is 616. The molecule has 0 rings (SSSR count). The lowest BCUT2D eigenvalue weighted by atomic mass is 10.1. The third-order valence-electron chi connectivity index (χ3n) is 4.34. The molecule has 0 heterocycles. The number of carbonyl (C=O) groups excluding carboxylic acids is 4. The third kappa shape index (κ3) is 13.2. The smallest absolute Gasteiger partial charge is 0.326 e. The SMILES string of the molecule is NCCCCC(NC(=O)CNC(=O)C(CCCCN)NC(=O)C(N)CC(N)=O)C(=O)O. The van der Waals surface area contributed by atoms with E-state index in [1.807, 2.05) is 0 Å². The average molecular weight is 446 g/mol. The van der Waals surface area contributed by atoms with E-state index in [4.69, 9.17) is 22.9 Å². The number of nitrogens with two attached hydrogens (primary N) is 4. The summed E-state index contributed by atoms with van der Waals surface area (Å²) < 4.78 is 0. The van der Waals surface area contributed by atoms with Gasteiger partial charge in [-0.15, -0.1) is 0 Å². The Kier molecular flexibility index (Phi) is 14.6. The van der Waals surface area contributed by atoms with Crippen LogP contribution in [-0.2, 0) is 24.0 Å². The topological polar surface area (TPSA) is 246 Å². The first kappa shape index (κ1) is 28.2. The van der Waals surface area contributed by atoms with Crippen LogP contribution in [0, 0.1) is 0 Å². The quantitative estimate of drug-likeness (QED) is 0.104. The zero-order valence-corrected chi connectivity index (χ0v) is 17.6. The minimum absolute atomic E-state index is 0.210. The Morgan fingerprint density at radius 2 is 1.35 bits per heavy atom. The third-order valence-corrected chi connectivity index (χ3v) is 4.34. The minimum atomic E-state index is -1.21. The second-order valence-corrected chi connectivity index (χ2v) is 7.08. The van der Waals surface area contributed by atoms with Crippen LogP contribution in [0.4, 0.5) is 0 Å². The number of carbonyl (C=O) groups is 5. The van der Waals surface area contributed by atoms with Crippen LogP contribution in [0.25, 0.3) is 0 Å². The van der Waals surface area contributed by atoms with Crippen molar-refractivity contribution >= 4 is 29.6 Å². The highest BCUT2D eigenvalue weighted by Crippen LogP contribution is 2.03. The first-order chi connectivity index (χ1) is 14.6. The van der Waals surface area contributed by atoms with Gasteiger partial charge in [-0.25, -0.2) is 4.79 Å². The molecular formula is C18H35N7O6. The molecule has 0 aromatic heterocycles. The molecule has 4 amide bonds. The summed E-state index contributed by atoms with van der Waals surface area (Å²) in [4.78, 5) is 58.8. The normalized spacial score (nSPS) is 13.5. The second-order valence-electron chi connectivity index (χ2n) is 7.08. The van der Waals surface area contributed by atoms with Crippen molar-refractivity contribution in [1.82, 2.24) is 16.0 Å². The number of carboxylic acids is 1. The maximum atomic E-state index is 12.5. The van der Waals surface area contributed by atoms with E-state index in [1.165, 1.54) is 0 Å². The van der Waals surface area contributed by atoms with Gasteiger partial charge in [0.05, 0.1) is 19.0 Å². The average Bonchev–Trinajstić information content (AvgIpc) is 2.69. The minimum Gasteiger partial charge on any atom is -0.480 e. The summed E-state index contributed by atoms with van der Waals surface area (Å²) >= 11 is 0. The summed E-state index contributed by atoms with van der Waals surface area (Å²) in [6.07, 6.45) is 2.34. The number of hydrogen-bond donors (Lipinski definition) is 8. The van der Waals surface area contributed by atoms with Crippen molar-refractivity contribution in [2.24, 2.45) is 22.9 Å². The van der Waals surface area contributed by atoms with Crippen molar-refractivity contribution < 1.29 is 29.1 Å². The number of rotatable bonds is 17. The molecule has 0 saturated carbocycles. The Hall–Kier alpha value is -2.77. The zero-order valence-electron chi connectivity index (χ0n) is 17.6. The molecule has 3 atom stereocenters. The number of amides is 4. The van der Waals surface area contributed by atoms with Gasteiger partial charge >= 0.3 is 5.97 Å². The first-order valence-corrected chi connectivity index (χ1v) is 10.2. The predicted octanol–water partition coefficient (Wildman–Crippen LogP) is -3.38. The summed E-state index contributed by atoms with van der Waals surface area (Å²) in [6, 6.07) is -3.32. The van der Waals surface area contributed by atoms with Gasteiger partial charge in [0.2, 0.25) is 23.6 Å². The molecule has 0 aromatic rings. The molecule has 0 aliphatic heterocycles. The van der Waals surface area contributed by atoms with E-state index in [0.717, 1.165) is 0 Å². The van der Waals surface area contributed by atoms with E-state index < -0.39 is 54.3 Å². The van der Waals surface area contributed by atoms with E-state index in [1.54, 1.807) is 0 Å². The highest BCUT2D eigenvalue weighted by molar-refractivity contribution is 5.93. The molecule has 0 spiro atoms. The number of aliphatic carboxylic acids is 1. The van der Waals surface area contributed by atoms with Crippen molar-refractivity contribution in [3.05, 3.63) is 0 Å². The summed E-state index contributed by atoms with van der Waals surface area (Å²) in [5, 5.41) is 16.3. The van der Waals surface area contributed by atoms with Crippen molar-refractivity contribution in [3.8, 4) is 0 Å². The number of hydrogen-bond acceptors (Lipinski definition) is 8. The lowest BCUT2D eigenvalue weighted by Gasteiger charge is -2.21. The van der Waals surface area contributed by atoms with E-state index in [-0.39, 0.29) is 19.3 Å². The second kappa shape index (κ2) is 16.0. The van der Waals surface area contributed by atoms with Crippen LogP contribution < -0.4 is 38.9 Å². The van der Waals surface area contributed by atoms with Gasteiger partial charge in [-0.1, -0.05) is 0 Å². The van der Waals surface area contributed by atoms with Crippen LogP contribution >= 0.6 is 0 Å². The lowest BCUT2D eigenvalue weighted by molar-refractivity contribution is -0.142. The van der Waals surface area contributed by atoms with Gasteiger partial charge in [0.1, 0.15) is 12.1 Å². The van der Waals surface area contributed by atoms with Crippen LogP contribution in [0.2, 0.25) is 0 Å². The molecule has 31 heavy (non-hydrogen) atoms. The van der Waals surface area contributed by atoms with Gasteiger partial charge in [-0.05, 0) is 51.6 Å². The molecule has 13 heteroatoms. The van der Waals surface area contributed by atoms with Gasteiger partial charge in [-0.2, -0.15) is 0 Å². The lowest BCUT2D eigenvalue weighted by Crippen LogP contribution is -2.54. The fourth-order valence-corrected chi connectivity index (χ4v) is 2.64. The van der Waals surface area contributed by atoms with Crippen LogP contribution in [0.15, 0.2) is 0 Å². The van der Waals surface area contributed by atoms with Crippen molar-refractivity contribution in [2.45, 2.75) is 63.1 Å². The van der Waals surface area contributed by atoms with E-state index in [9.17, 15) is 29.1 Å². The Balaban J connectivity index is 4.81. The molecule has 0 bridgehead atoms. The summed E-state index contributed by atoms with van der Waals surface area (Å²) in [5.41, 5.74) is 21.4. The highest BCUT2D eigenvalue weighted by Gasteiger charge is 2.25. The molecule has 13 nitrogen and oxygen atoms in total. The molecule has 0 aromatic carbocycles. The van der Waals surface area contributed by atoms with Crippen molar-refractivity contribution in [3.63, 3.8) is 0 Å². The monoisotopic (exact) mass is 445 g/mol. The van der Waals surface area contributed by atoms with Gasteiger partial charge in [0.25, 0.3) is 0 Å². The number of primary amides is 1. The van der Waals surface area contributed by atoms with Gasteiger partial charge < -0.3 is 44.0 Å². The molecule has 0 saturated heterocycles. The molecule has 3 unspecified atom stereocenters. The molecular weight excluding hydrogens is 410 g/mol. The maximum absolute atomic E-state index is 12.5. The molecule has 0 fully saturated rings. The van der Waals surface area contributed by atoms with Crippen LogP contribution in [0.1, 0.15) is 44.9 Å². The summed E-state index contributed by atoms with van der Waals surface area (Å²) in [6.45, 7) is 0.333. The van der Waals surface area contributed by atoms with Gasteiger partial charge in [-0.3, -0.25) is 19.2 Å². The van der Waals surface area contributed by atoms with Crippen molar-refractivity contribution in [2.75, 3.05) is 19.6 Å². The molecule has 0 aliphatic carbocycles. The van der Waals surface area contributed by atoms with Gasteiger partial charge in [0, 0.05) is 0 Å². The Morgan fingerprint density at radius 3 is 1.84 bits per heavy atom. The fourth-order valence-electron chi connectivity index (χ4n) is 2.64. The first-order valence-electron chi connectivity index (χ1n) is 10.2. The van der Waals surface area contributed by atoms with Crippen molar-refractivity contribution in [1.29, 1.82) is 0 Å². The Labute approximate surface area is 181 Å². The van der Waals surface area contributed by atoms with Gasteiger partial charge in [0.15, 0.2) is 0 Å². The molecule has 178 valence electrons. The number of unbranched alkanes of at least 4 members (excludes halogenated alkanes) is 2. The van der Waals surface area contributed by atoms with E-state index in [2.05, 4.69) is 16.0 Å². The molecule has 0 aliphatic rings. The molecule has 12 N–H and O–H groups in total. The van der Waals surface area contributed by atoms with E-state index >= 15 is 0 Å². The van der Waals surface area contributed by atoms with Crippen LogP contribution in [-0.4, -0.2) is 72.5 Å². The number of nitrogens with one attached hydrogen (secondary N) is 3. The summed E-state index contributed by atoms with van der Waals surface area (Å²) in [7, 11) is 0. The fraction of sp³-hybridized carbons (Fsp3) is 0.722. The highest BCUT2D eigenvalue weighted by atomic mass is 16.4. The van der Waals surface area contributed by atoms with E-state index in [0.29, 0.717) is 38.8 Å². The number of carboxylic acid groups (broad SMARTS) is 1.